The molecule has 1 nitrogen and oxygen atoms in total. The Bertz CT molecular complexity index is 349. The molecule has 0 bridgehead atoms. The molecule has 0 spiro atoms. The topological polar surface area (TPSA) is 3.88 Å². The van der Waals surface area contributed by atoms with Crippen LogP contribution in [0.3, 0.4) is 0 Å². The van der Waals surface area contributed by atoms with Crippen LogP contribution < -0.4 is 4.57 Å². The molecule has 1 aromatic rings. The van der Waals surface area contributed by atoms with Crippen molar-refractivity contribution in [3.05, 3.63) is 30.6 Å². The van der Waals surface area contributed by atoms with Gasteiger partial charge in [0, 0.05) is 18.6 Å². The molecule has 0 atom stereocenters. The zero-order valence-electron chi connectivity index (χ0n) is 10.6. The number of hydrogen-bond donors (Lipinski definition) is 0. The van der Waals surface area contributed by atoms with Crippen LogP contribution in [0.15, 0.2) is 30.6 Å². The molecule has 0 unspecified atom stereocenters. The first-order valence-corrected chi connectivity index (χ1v) is 7.92. The second-order valence-corrected chi connectivity index (χ2v) is 6.05. The Labute approximate surface area is 108 Å². The predicted octanol–water partition coefficient (Wildman–Crippen LogP) is 5.94. The minimum absolute atomic E-state index is 1.17. The monoisotopic (exact) mass is 309 g/mol. The summed E-state index contributed by atoms with van der Waals surface area (Å²) in [6.45, 7) is 3.41. The van der Waals surface area contributed by atoms with Gasteiger partial charge in [0.15, 0.2) is 12.4 Å². The summed E-state index contributed by atoms with van der Waals surface area (Å²) in [7, 11) is -10.7. The maximum absolute atomic E-state index is 10.7. The van der Waals surface area contributed by atoms with Crippen molar-refractivity contribution in [2.75, 3.05) is 0 Å². The van der Waals surface area contributed by atoms with Crippen LogP contribution in [0.5, 0.6) is 0 Å². The van der Waals surface area contributed by atoms with Gasteiger partial charge >= 0.3 is 33.0 Å². The molecule has 0 saturated heterocycles. The zero-order valence-corrected chi connectivity index (χ0v) is 11.5. The standard InChI is InChI=1S/C11H18N.F6P/c1-2-3-4-6-9-12-10-7-5-8-11-12;1-7(2,3,4,5)6/h5,7-8,10-11H,2-4,6,9H2,1H3;/q+1;-1. The van der Waals surface area contributed by atoms with Crippen LogP contribution in [0.25, 0.3) is 0 Å². The van der Waals surface area contributed by atoms with Crippen molar-refractivity contribution < 1.29 is 29.7 Å². The van der Waals surface area contributed by atoms with Gasteiger partial charge in [-0.05, 0) is 6.42 Å². The fourth-order valence-corrected chi connectivity index (χ4v) is 1.30. The Morgan fingerprint density at radius 2 is 1.26 bits per heavy atom. The molecule has 0 N–H and O–H groups in total. The van der Waals surface area contributed by atoms with Crippen LogP contribution >= 0.6 is 7.81 Å². The number of unbranched alkanes of at least 4 members (excludes halogenated alkanes) is 3. The summed E-state index contributed by atoms with van der Waals surface area (Å²) in [5.74, 6) is 0. The van der Waals surface area contributed by atoms with E-state index in [1.807, 2.05) is 0 Å². The summed E-state index contributed by atoms with van der Waals surface area (Å²) in [5.41, 5.74) is 0. The van der Waals surface area contributed by atoms with E-state index in [2.05, 4.69) is 42.1 Å². The van der Waals surface area contributed by atoms with Crippen molar-refractivity contribution in [2.24, 2.45) is 0 Å². The van der Waals surface area contributed by atoms with Crippen molar-refractivity contribution in [1.29, 1.82) is 0 Å². The molecule has 0 amide bonds. The molecule has 1 rings (SSSR count). The van der Waals surface area contributed by atoms with Crippen molar-refractivity contribution in [2.45, 2.75) is 39.2 Å². The van der Waals surface area contributed by atoms with Crippen LogP contribution in [0, 0.1) is 0 Å². The average Bonchev–Trinajstić information content (AvgIpc) is 2.22. The summed E-state index contributed by atoms with van der Waals surface area (Å²) in [6, 6.07) is 6.22. The van der Waals surface area contributed by atoms with Crippen molar-refractivity contribution in [3.8, 4) is 0 Å². The van der Waals surface area contributed by atoms with Gasteiger partial charge in [0.1, 0.15) is 6.54 Å². The SMILES string of the molecule is CCCCCC[n+]1ccccc1.F[P-](F)(F)(F)(F)F. The van der Waals surface area contributed by atoms with Gasteiger partial charge in [-0.25, -0.2) is 4.57 Å². The van der Waals surface area contributed by atoms with E-state index in [4.69, 9.17) is 0 Å². The quantitative estimate of drug-likeness (QED) is 0.274. The third-order valence-electron chi connectivity index (χ3n) is 2.05. The Morgan fingerprint density at radius 3 is 1.68 bits per heavy atom. The zero-order chi connectivity index (χ0) is 15.1. The number of pyridine rings is 1. The Hall–Kier alpha value is -0.840. The molecule has 0 aromatic carbocycles. The third kappa shape index (κ3) is 22.8. The second kappa shape index (κ2) is 6.07. The van der Waals surface area contributed by atoms with Crippen molar-refractivity contribution in [3.63, 3.8) is 0 Å². The second-order valence-electron chi connectivity index (χ2n) is 4.13. The summed E-state index contributed by atoms with van der Waals surface area (Å²) >= 11 is 0. The molecule has 0 aliphatic carbocycles. The fraction of sp³-hybridized carbons (Fsp3) is 0.545. The maximum atomic E-state index is 9.87. The van der Waals surface area contributed by atoms with Gasteiger partial charge in [0.25, 0.3) is 0 Å². The van der Waals surface area contributed by atoms with Crippen LogP contribution in [-0.4, -0.2) is 0 Å². The van der Waals surface area contributed by atoms with E-state index in [0.29, 0.717) is 0 Å². The Balaban J connectivity index is 0.000000399. The first-order valence-electron chi connectivity index (χ1n) is 5.89. The number of nitrogens with zero attached hydrogens (tertiary/aromatic N) is 1. The Kier molecular flexibility index (Phi) is 5.81. The van der Waals surface area contributed by atoms with E-state index in [1.165, 1.54) is 32.2 Å². The van der Waals surface area contributed by atoms with Crippen LogP contribution in [0.2, 0.25) is 0 Å². The van der Waals surface area contributed by atoms with E-state index in [-0.39, 0.29) is 0 Å². The van der Waals surface area contributed by atoms with Crippen LogP contribution in [0.1, 0.15) is 32.6 Å². The molecule has 0 aliphatic heterocycles. The van der Waals surface area contributed by atoms with E-state index < -0.39 is 7.81 Å². The molecule has 0 aliphatic rings. The molecule has 8 heteroatoms. The first kappa shape index (κ1) is 18.2. The van der Waals surface area contributed by atoms with Gasteiger partial charge < -0.3 is 0 Å². The number of halogens is 6. The predicted molar refractivity (Wildman–Crippen MR) is 64.3 cm³/mol. The van der Waals surface area contributed by atoms with Crippen LogP contribution in [-0.2, 0) is 6.54 Å². The molecule has 1 heterocycles. The number of aromatic nitrogens is 1. The molecule has 0 saturated carbocycles. The average molecular weight is 309 g/mol. The molecule has 19 heavy (non-hydrogen) atoms. The van der Waals surface area contributed by atoms with Crippen LogP contribution in [0.4, 0.5) is 25.2 Å². The molecular weight excluding hydrogens is 291 g/mol. The molecule has 114 valence electrons. The van der Waals surface area contributed by atoms with Gasteiger partial charge in [-0.1, -0.05) is 25.8 Å². The summed E-state index contributed by atoms with van der Waals surface area (Å²) in [5, 5.41) is 0. The summed E-state index contributed by atoms with van der Waals surface area (Å²) in [4.78, 5) is 0. The molecular formula is C11H18F6NP. The van der Waals surface area contributed by atoms with Gasteiger partial charge in [0.05, 0.1) is 0 Å². The van der Waals surface area contributed by atoms with Gasteiger partial charge in [-0.15, -0.1) is 0 Å². The van der Waals surface area contributed by atoms with Crippen molar-refractivity contribution in [1.82, 2.24) is 0 Å². The van der Waals surface area contributed by atoms with E-state index >= 15 is 0 Å². The minimum atomic E-state index is -10.7. The number of hydrogen-bond acceptors (Lipinski definition) is 0. The van der Waals surface area contributed by atoms with Crippen molar-refractivity contribution >= 4 is 7.81 Å². The van der Waals surface area contributed by atoms with E-state index in [0.717, 1.165) is 0 Å². The number of rotatable bonds is 5. The molecule has 0 radical (unpaired) electrons. The van der Waals surface area contributed by atoms with E-state index in [9.17, 15) is 25.2 Å². The summed E-state index contributed by atoms with van der Waals surface area (Å²) in [6.07, 6.45) is 9.62. The van der Waals surface area contributed by atoms with Gasteiger partial charge in [-0.3, -0.25) is 0 Å². The summed E-state index contributed by atoms with van der Waals surface area (Å²) < 4.78 is 61.4. The first-order chi connectivity index (χ1) is 8.38. The number of aryl methyl sites for hydroxylation is 1. The molecule has 1 aromatic heterocycles. The fourth-order valence-electron chi connectivity index (χ4n) is 1.30. The van der Waals surface area contributed by atoms with E-state index in [1.54, 1.807) is 0 Å². The third-order valence-corrected chi connectivity index (χ3v) is 2.05. The van der Waals surface area contributed by atoms with Gasteiger partial charge in [0.2, 0.25) is 0 Å². The Morgan fingerprint density at radius 1 is 0.789 bits per heavy atom. The molecule has 0 fully saturated rings. The normalized spacial score (nSPS) is 14.9. The van der Waals surface area contributed by atoms with Gasteiger partial charge in [-0.2, -0.15) is 0 Å².